The maximum atomic E-state index is 5.95. The molecule has 1 aliphatic rings. The zero-order valence-corrected chi connectivity index (χ0v) is 15.1. The zero-order valence-electron chi connectivity index (χ0n) is 15.1. The normalized spacial score (nSPS) is 14.9. The Morgan fingerprint density at radius 2 is 1.68 bits per heavy atom. The van der Waals surface area contributed by atoms with Crippen LogP contribution in [0.5, 0.6) is 0 Å². The van der Waals surface area contributed by atoms with Crippen molar-refractivity contribution in [1.29, 1.82) is 0 Å². The maximum absolute atomic E-state index is 5.95. The molecule has 3 N–H and O–H groups in total. The Hall–Kier alpha value is -2.20. The first kappa shape index (κ1) is 17.6. The highest BCUT2D eigenvalue weighted by Gasteiger charge is 2.13. The smallest absolute Gasteiger partial charge is 0.116 e. The van der Waals surface area contributed by atoms with Crippen molar-refractivity contribution in [1.82, 2.24) is 0 Å². The number of aryl methyl sites for hydroxylation is 1. The van der Waals surface area contributed by atoms with Gasteiger partial charge in [0.1, 0.15) is 6.73 Å². The van der Waals surface area contributed by atoms with Crippen LogP contribution < -0.4 is 16.0 Å². The molecule has 0 bridgehead atoms. The van der Waals surface area contributed by atoms with Gasteiger partial charge in [-0.3, -0.25) is 0 Å². The van der Waals surface area contributed by atoms with Crippen LogP contribution in [-0.2, 0) is 4.74 Å². The first-order chi connectivity index (χ1) is 12.3. The lowest BCUT2D eigenvalue weighted by Crippen LogP contribution is -2.20. The Bertz CT molecular complexity index is 639. The summed E-state index contributed by atoms with van der Waals surface area (Å²) in [5.41, 5.74) is 4.56. The first-order valence-electron chi connectivity index (χ1n) is 9.30. The van der Waals surface area contributed by atoms with Crippen molar-refractivity contribution < 1.29 is 4.74 Å². The number of benzene rings is 2. The minimum absolute atomic E-state index is 0.430. The Morgan fingerprint density at radius 1 is 0.880 bits per heavy atom. The molecule has 4 heteroatoms. The number of hydrogen-bond acceptors (Lipinski definition) is 4. The lowest BCUT2D eigenvalue weighted by Gasteiger charge is -2.22. The molecular formula is C21H29N3O. The number of nitrogens with one attached hydrogen (secondary N) is 3. The van der Waals surface area contributed by atoms with Gasteiger partial charge in [0, 0.05) is 17.1 Å². The van der Waals surface area contributed by atoms with E-state index in [1.54, 1.807) is 0 Å². The monoisotopic (exact) mass is 339 g/mol. The molecule has 25 heavy (non-hydrogen) atoms. The van der Waals surface area contributed by atoms with Crippen LogP contribution in [0, 0.1) is 6.92 Å². The molecule has 0 unspecified atom stereocenters. The molecule has 0 amide bonds. The Morgan fingerprint density at radius 3 is 2.48 bits per heavy atom. The fourth-order valence-corrected chi connectivity index (χ4v) is 3.19. The quantitative estimate of drug-likeness (QED) is 0.579. The largest absolute Gasteiger partial charge is 0.368 e. The fraction of sp³-hybridized carbons (Fsp3) is 0.429. The third-order valence-corrected chi connectivity index (χ3v) is 4.73. The van der Waals surface area contributed by atoms with Gasteiger partial charge < -0.3 is 20.7 Å². The van der Waals surface area contributed by atoms with Crippen molar-refractivity contribution >= 4 is 17.1 Å². The van der Waals surface area contributed by atoms with Crippen LogP contribution in [0.2, 0.25) is 0 Å². The minimum Gasteiger partial charge on any atom is -0.368 e. The van der Waals surface area contributed by atoms with E-state index in [1.165, 1.54) is 37.7 Å². The second-order valence-corrected chi connectivity index (χ2v) is 6.67. The average Bonchev–Trinajstić information content (AvgIpc) is 2.66. The molecule has 0 spiro atoms. The summed E-state index contributed by atoms with van der Waals surface area (Å²) in [6.45, 7) is 3.38. The molecule has 0 aliphatic heterocycles. The van der Waals surface area contributed by atoms with E-state index in [0.717, 1.165) is 17.1 Å². The molecule has 4 nitrogen and oxygen atoms in total. The van der Waals surface area contributed by atoms with Gasteiger partial charge in [-0.15, -0.1) is 0 Å². The van der Waals surface area contributed by atoms with Crippen LogP contribution >= 0.6 is 0 Å². The predicted molar refractivity (Wildman–Crippen MR) is 106 cm³/mol. The van der Waals surface area contributed by atoms with E-state index in [2.05, 4.69) is 53.2 Å². The van der Waals surface area contributed by atoms with Crippen LogP contribution in [0.25, 0.3) is 0 Å². The van der Waals surface area contributed by atoms with Gasteiger partial charge in [-0.05, 0) is 49.6 Å². The molecule has 134 valence electrons. The van der Waals surface area contributed by atoms with E-state index in [-0.39, 0.29) is 0 Å². The molecule has 2 aromatic carbocycles. The molecular weight excluding hydrogens is 310 g/mol. The van der Waals surface area contributed by atoms with Crippen LogP contribution in [0.4, 0.5) is 17.1 Å². The van der Waals surface area contributed by atoms with Crippen LogP contribution in [0.1, 0.15) is 37.7 Å². The highest BCUT2D eigenvalue weighted by atomic mass is 16.5. The highest BCUT2D eigenvalue weighted by molar-refractivity contribution is 5.61. The molecule has 0 heterocycles. The number of rotatable bonds is 8. The maximum Gasteiger partial charge on any atom is 0.116 e. The zero-order chi connectivity index (χ0) is 17.3. The van der Waals surface area contributed by atoms with Crippen LogP contribution in [0.3, 0.4) is 0 Å². The summed E-state index contributed by atoms with van der Waals surface area (Å²) in [5.74, 6) is 0. The summed E-state index contributed by atoms with van der Waals surface area (Å²) in [5, 5.41) is 10.2. The molecule has 0 aromatic heterocycles. The van der Waals surface area contributed by atoms with E-state index >= 15 is 0 Å². The predicted octanol–water partition coefficient (Wildman–Crippen LogP) is 5.20. The van der Waals surface area contributed by atoms with E-state index in [9.17, 15) is 0 Å². The van der Waals surface area contributed by atoms with Crippen LogP contribution in [0.15, 0.2) is 48.5 Å². The minimum atomic E-state index is 0.430. The van der Waals surface area contributed by atoms with Gasteiger partial charge in [0.2, 0.25) is 0 Å². The molecule has 0 saturated heterocycles. The summed E-state index contributed by atoms with van der Waals surface area (Å²) < 4.78 is 5.95. The van der Waals surface area contributed by atoms with E-state index in [4.69, 9.17) is 4.74 Å². The van der Waals surface area contributed by atoms with Gasteiger partial charge in [-0.2, -0.15) is 0 Å². The third kappa shape index (κ3) is 5.68. The third-order valence-electron chi connectivity index (χ3n) is 4.73. The molecule has 1 saturated carbocycles. The fourth-order valence-electron chi connectivity index (χ4n) is 3.19. The summed E-state index contributed by atoms with van der Waals surface area (Å²) in [6, 6.07) is 16.6. The summed E-state index contributed by atoms with van der Waals surface area (Å²) >= 11 is 0. The molecule has 1 aliphatic carbocycles. The number of anilines is 3. The number of hydrogen-bond donors (Lipinski definition) is 3. The Balaban J connectivity index is 1.46. The van der Waals surface area contributed by atoms with Gasteiger partial charge >= 0.3 is 0 Å². The van der Waals surface area contributed by atoms with Gasteiger partial charge in [-0.1, -0.05) is 43.5 Å². The van der Waals surface area contributed by atoms with Crippen molar-refractivity contribution in [2.75, 3.05) is 29.3 Å². The molecule has 2 aromatic rings. The lowest BCUT2D eigenvalue weighted by molar-refractivity contribution is 0.0400. The molecule has 0 atom stereocenters. The number of ether oxygens (including phenoxy) is 1. The molecule has 3 rings (SSSR count). The van der Waals surface area contributed by atoms with Gasteiger partial charge in [0.15, 0.2) is 0 Å². The number of para-hydroxylation sites is 1. The Kier molecular flexibility index (Phi) is 6.57. The SMILES string of the molecule is Cc1ccc(NCOC2CCCCC2)cc1NCNc1ccccc1. The van der Waals surface area contributed by atoms with Crippen molar-refractivity contribution in [2.45, 2.75) is 45.1 Å². The van der Waals surface area contributed by atoms with Crippen molar-refractivity contribution in [3.63, 3.8) is 0 Å². The topological polar surface area (TPSA) is 45.3 Å². The lowest BCUT2D eigenvalue weighted by atomic mass is 9.98. The van der Waals surface area contributed by atoms with Crippen molar-refractivity contribution in [2.24, 2.45) is 0 Å². The van der Waals surface area contributed by atoms with E-state index in [0.29, 0.717) is 19.5 Å². The van der Waals surface area contributed by atoms with E-state index < -0.39 is 0 Å². The van der Waals surface area contributed by atoms with Crippen molar-refractivity contribution in [3.8, 4) is 0 Å². The van der Waals surface area contributed by atoms with Gasteiger partial charge in [-0.25, -0.2) is 0 Å². The molecule has 0 radical (unpaired) electrons. The first-order valence-corrected chi connectivity index (χ1v) is 9.30. The average molecular weight is 339 g/mol. The van der Waals surface area contributed by atoms with E-state index in [1.807, 2.05) is 18.2 Å². The van der Waals surface area contributed by atoms with Gasteiger partial charge in [0.25, 0.3) is 0 Å². The summed E-state index contributed by atoms with van der Waals surface area (Å²) in [6.07, 6.45) is 6.80. The highest BCUT2D eigenvalue weighted by Crippen LogP contribution is 2.22. The second kappa shape index (κ2) is 9.33. The second-order valence-electron chi connectivity index (χ2n) is 6.67. The Labute approximate surface area is 151 Å². The summed E-state index contributed by atoms with van der Waals surface area (Å²) in [4.78, 5) is 0. The summed E-state index contributed by atoms with van der Waals surface area (Å²) in [7, 11) is 0. The van der Waals surface area contributed by atoms with Crippen molar-refractivity contribution in [3.05, 3.63) is 54.1 Å². The standard InChI is InChI=1S/C21H29N3O/c1-17-12-13-19(24-16-25-20-10-6-3-7-11-20)14-21(17)23-15-22-18-8-4-2-5-9-18/h2,4-5,8-9,12-14,20,22-24H,3,6-7,10-11,15-16H2,1H3. The van der Waals surface area contributed by atoms with Gasteiger partial charge in [0.05, 0.1) is 12.8 Å². The molecule has 1 fully saturated rings. The van der Waals surface area contributed by atoms with Crippen LogP contribution in [-0.4, -0.2) is 19.5 Å².